The lowest BCUT2D eigenvalue weighted by molar-refractivity contribution is 0.0646. The molecule has 4 rings (SSSR count). The quantitative estimate of drug-likeness (QED) is 0.664. The molecule has 1 heterocycles. The van der Waals surface area contributed by atoms with Crippen molar-refractivity contribution < 1.29 is 4.74 Å². The third-order valence-electron chi connectivity index (χ3n) is 6.84. The van der Waals surface area contributed by atoms with Crippen LogP contribution in [-0.4, -0.2) is 48.6 Å². The average molecular weight is 393 g/mol. The van der Waals surface area contributed by atoms with Crippen molar-refractivity contribution in [2.45, 2.75) is 64.1 Å². The first-order valence-electron chi connectivity index (χ1n) is 11.4. The maximum atomic E-state index is 5.48. The molecule has 1 aliphatic carbocycles. The molecule has 0 N–H and O–H groups in total. The Morgan fingerprint density at radius 3 is 2.48 bits per heavy atom. The molecule has 0 amide bonds. The second-order valence-corrected chi connectivity index (χ2v) is 8.76. The standard InChI is InChI=1S/C26H36N2O/c1-3-15-28(25-11-9-22-10-12-26(29-2)19-23(22)18-25)24-13-16-27(17-14-24)20-21-7-5-4-6-8-21/h4-8,10,12,19,24-25H,3,9,11,13-18,20H2,1-2H3. The molecule has 1 aliphatic heterocycles. The Hall–Kier alpha value is -1.84. The first kappa shape index (κ1) is 20.4. The minimum Gasteiger partial charge on any atom is -0.497 e. The molecule has 156 valence electrons. The average Bonchev–Trinajstić information content (AvgIpc) is 2.78. The van der Waals surface area contributed by atoms with Gasteiger partial charge in [-0.1, -0.05) is 43.3 Å². The molecule has 2 aliphatic rings. The fraction of sp³-hybridized carbons (Fsp3) is 0.538. The molecule has 3 nitrogen and oxygen atoms in total. The van der Waals surface area contributed by atoms with E-state index in [1.54, 1.807) is 7.11 Å². The molecule has 1 fully saturated rings. The van der Waals surface area contributed by atoms with Crippen molar-refractivity contribution in [3.63, 3.8) is 0 Å². The summed E-state index contributed by atoms with van der Waals surface area (Å²) in [5, 5.41) is 0. The fourth-order valence-electron chi connectivity index (χ4n) is 5.30. The SMILES string of the molecule is CCCN(C1CCN(Cc2ccccc2)CC1)C1CCc2ccc(OC)cc2C1. The summed E-state index contributed by atoms with van der Waals surface area (Å²) in [6.07, 6.45) is 7.52. The number of hydrogen-bond donors (Lipinski definition) is 0. The van der Waals surface area contributed by atoms with Gasteiger partial charge in [0.2, 0.25) is 0 Å². The number of rotatable bonds is 7. The largest absolute Gasteiger partial charge is 0.497 e. The second-order valence-electron chi connectivity index (χ2n) is 8.76. The summed E-state index contributed by atoms with van der Waals surface area (Å²) in [6, 6.07) is 19.0. The van der Waals surface area contributed by atoms with Crippen LogP contribution in [0.25, 0.3) is 0 Å². The number of nitrogens with zero attached hydrogens (tertiary/aromatic N) is 2. The maximum absolute atomic E-state index is 5.48. The van der Waals surface area contributed by atoms with E-state index in [1.165, 1.54) is 74.8 Å². The van der Waals surface area contributed by atoms with E-state index in [-0.39, 0.29) is 0 Å². The lowest BCUT2D eigenvalue weighted by Gasteiger charge is -2.44. The number of methoxy groups -OCH3 is 1. The molecular formula is C26H36N2O. The third kappa shape index (κ3) is 5.02. The number of piperidine rings is 1. The van der Waals surface area contributed by atoms with Crippen molar-refractivity contribution in [1.82, 2.24) is 9.80 Å². The van der Waals surface area contributed by atoms with E-state index in [0.717, 1.165) is 18.3 Å². The van der Waals surface area contributed by atoms with Gasteiger partial charge in [0.25, 0.3) is 0 Å². The number of hydrogen-bond acceptors (Lipinski definition) is 3. The van der Waals surface area contributed by atoms with E-state index in [0.29, 0.717) is 6.04 Å². The Balaban J connectivity index is 1.38. The van der Waals surface area contributed by atoms with Gasteiger partial charge in [-0.05, 0) is 87.0 Å². The Morgan fingerprint density at radius 1 is 0.966 bits per heavy atom. The summed E-state index contributed by atoms with van der Waals surface area (Å²) in [7, 11) is 1.77. The minimum absolute atomic E-state index is 0.681. The predicted octanol–water partition coefficient (Wildman–Crippen LogP) is 4.93. The highest BCUT2D eigenvalue weighted by atomic mass is 16.5. The summed E-state index contributed by atoms with van der Waals surface area (Å²) in [6.45, 7) is 7.09. The molecule has 29 heavy (non-hydrogen) atoms. The Labute approximate surface area is 176 Å². The van der Waals surface area contributed by atoms with Crippen LogP contribution in [-0.2, 0) is 19.4 Å². The Morgan fingerprint density at radius 2 is 1.76 bits per heavy atom. The number of ether oxygens (including phenoxy) is 1. The van der Waals surface area contributed by atoms with Gasteiger partial charge < -0.3 is 4.74 Å². The zero-order chi connectivity index (χ0) is 20.1. The van der Waals surface area contributed by atoms with Crippen LogP contribution < -0.4 is 4.74 Å². The van der Waals surface area contributed by atoms with Gasteiger partial charge >= 0.3 is 0 Å². The molecule has 0 saturated carbocycles. The zero-order valence-electron chi connectivity index (χ0n) is 18.1. The van der Waals surface area contributed by atoms with Gasteiger partial charge in [-0.15, -0.1) is 0 Å². The topological polar surface area (TPSA) is 15.7 Å². The molecule has 1 saturated heterocycles. The van der Waals surface area contributed by atoms with E-state index in [4.69, 9.17) is 4.74 Å². The Bertz CT molecular complexity index is 768. The van der Waals surface area contributed by atoms with Crippen LogP contribution in [0.15, 0.2) is 48.5 Å². The highest BCUT2D eigenvalue weighted by Gasteiger charge is 2.31. The maximum Gasteiger partial charge on any atom is 0.119 e. The van der Waals surface area contributed by atoms with Gasteiger partial charge in [-0.3, -0.25) is 9.80 Å². The van der Waals surface area contributed by atoms with Crippen molar-refractivity contribution in [1.29, 1.82) is 0 Å². The van der Waals surface area contributed by atoms with Crippen molar-refractivity contribution in [3.05, 3.63) is 65.2 Å². The summed E-state index contributed by atoms with van der Waals surface area (Å²) < 4.78 is 5.48. The third-order valence-corrected chi connectivity index (χ3v) is 6.84. The van der Waals surface area contributed by atoms with Crippen LogP contribution >= 0.6 is 0 Å². The van der Waals surface area contributed by atoms with E-state index in [9.17, 15) is 0 Å². The highest BCUT2D eigenvalue weighted by Crippen LogP contribution is 2.31. The molecular weight excluding hydrogens is 356 g/mol. The predicted molar refractivity (Wildman–Crippen MR) is 121 cm³/mol. The monoisotopic (exact) mass is 392 g/mol. The summed E-state index contributed by atoms with van der Waals surface area (Å²) in [4.78, 5) is 5.50. The minimum atomic E-state index is 0.681. The normalized spacial score (nSPS) is 20.6. The first-order valence-corrected chi connectivity index (χ1v) is 11.4. The smallest absolute Gasteiger partial charge is 0.119 e. The van der Waals surface area contributed by atoms with Crippen molar-refractivity contribution in [3.8, 4) is 5.75 Å². The van der Waals surface area contributed by atoms with Crippen LogP contribution in [0.3, 0.4) is 0 Å². The van der Waals surface area contributed by atoms with Gasteiger partial charge in [0.15, 0.2) is 0 Å². The van der Waals surface area contributed by atoms with E-state index in [2.05, 4.69) is 65.3 Å². The van der Waals surface area contributed by atoms with Crippen LogP contribution in [0.4, 0.5) is 0 Å². The number of benzene rings is 2. The van der Waals surface area contributed by atoms with Crippen LogP contribution in [0, 0.1) is 0 Å². The molecule has 0 aromatic heterocycles. The van der Waals surface area contributed by atoms with Crippen molar-refractivity contribution >= 4 is 0 Å². The lowest BCUT2D eigenvalue weighted by atomic mass is 9.85. The van der Waals surface area contributed by atoms with Crippen LogP contribution in [0.1, 0.15) is 49.3 Å². The van der Waals surface area contributed by atoms with Crippen molar-refractivity contribution in [2.24, 2.45) is 0 Å². The zero-order valence-corrected chi connectivity index (χ0v) is 18.1. The lowest BCUT2D eigenvalue weighted by Crippen LogP contribution is -2.50. The first-order chi connectivity index (χ1) is 14.3. The van der Waals surface area contributed by atoms with Crippen molar-refractivity contribution in [2.75, 3.05) is 26.7 Å². The molecule has 3 heteroatoms. The Kier molecular flexibility index (Phi) is 6.89. The molecule has 2 aromatic rings. The number of likely N-dealkylation sites (tertiary alicyclic amines) is 1. The molecule has 0 spiro atoms. The fourth-order valence-corrected chi connectivity index (χ4v) is 5.30. The number of fused-ring (bicyclic) bond motifs is 1. The molecule has 0 bridgehead atoms. The highest BCUT2D eigenvalue weighted by molar-refractivity contribution is 5.38. The van der Waals surface area contributed by atoms with E-state index >= 15 is 0 Å². The van der Waals surface area contributed by atoms with Crippen LogP contribution in [0.2, 0.25) is 0 Å². The summed E-state index contributed by atoms with van der Waals surface area (Å²) in [5.41, 5.74) is 4.47. The second kappa shape index (κ2) is 9.77. The van der Waals surface area contributed by atoms with Crippen LogP contribution in [0.5, 0.6) is 5.75 Å². The molecule has 1 atom stereocenters. The molecule has 0 radical (unpaired) electrons. The van der Waals surface area contributed by atoms with Gasteiger partial charge in [-0.2, -0.15) is 0 Å². The summed E-state index contributed by atoms with van der Waals surface area (Å²) in [5.74, 6) is 1.00. The van der Waals surface area contributed by atoms with Gasteiger partial charge in [0, 0.05) is 18.6 Å². The number of aryl methyl sites for hydroxylation is 1. The van der Waals surface area contributed by atoms with Gasteiger partial charge in [-0.25, -0.2) is 0 Å². The van der Waals surface area contributed by atoms with Gasteiger partial charge in [0.1, 0.15) is 5.75 Å². The van der Waals surface area contributed by atoms with E-state index < -0.39 is 0 Å². The molecule has 1 unspecified atom stereocenters. The molecule has 2 aromatic carbocycles. The van der Waals surface area contributed by atoms with E-state index in [1.807, 2.05) is 0 Å². The summed E-state index contributed by atoms with van der Waals surface area (Å²) >= 11 is 0. The van der Waals surface area contributed by atoms with Gasteiger partial charge in [0.05, 0.1) is 7.11 Å².